The first kappa shape index (κ1) is 29.6. The molecule has 2 aromatic rings. The highest BCUT2D eigenvalue weighted by Gasteiger charge is 2.60. The minimum Gasteiger partial charge on any atom is -0.387 e. The van der Waals surface area contributed by atoms with Gasteiger partial charge in [-0.2, -0.15) is 0 Å². The van der Waals surface area contributed by atoms with Crippen LogP contribution in [0.5, 0.6) is 0 Å². The van der Waals surface area contributed by atoms with Crippen LogP contribution in [-0.2, 0) is 36.9 Å². The van der Waals surface area contributed by atoms with Crippen molar-refractivity contribution in [3.63, 3.8) is 0 Å². The Hall–Kier alpha value is -1.88. The second kappa shape index (κ2) is 14.3. The predicted molar refractivity (Wildman–Crippen MR) is 148 cm³/mol. The Labute approximate surface area is 237 Å². The quantitative estimate of drug-likeness (QED) is 0.319. The molecule has 5 rings (SSSR count). The van der Waals surface area contributed by atoms with Crippen molar-refractivity contribution in [1.82, 2.24) is 0 Å². The van der Waals surface area contributed by atoms with E-state index in [1.807, 2.05) is 60.7 Å². The number of fused-ring (bicyclic) bond motifs is 1. The van der Waals surface area contributed by atoms with Crippen molar-refractivity contribution >= 4 is 0 Å². The van der Waals surface area contributed by atoms with Crippen molar-refractivity contribution in [1.29, 1.82) is 0 Å². The Balaban J connectivity index is 1.08. The predicted octanol–water partition coefficient (Wildman–Crippen LogP) is 3.88. The molecule has 1 aliphatic heterocycles. The van der Waals surface area contributed by atoms with Gasteiger partial charge in [0.25, 0.3) is 0 Å². The average Bonchev–Trinajstić information content (AvgIpc) is 3.36. The number of rotatable bonds is 13. The van der Waals surface area contributed by atoms with Gasteiger partial charge in [-0.3, -0.25) is 0 Å². The van der Waals surface area contributed by atoms with E-state index in [2.05, 4.69) is 0 Å². The van der Waals surface area contributed by atoms with Gasteiger partial charge in [-0.25, -0.2) is 0 Å². The lowest BCUT2D eigenvalue weighted by Gasteiger charge is -2.41. The van der Waals surface area contributed by atoms with Crippen LogP contribution < -0.4 is 0 Å². The van der Waals surface area contributed by atoms with Gasteiger partial charge < -0.3 is 39.0 Å². The molecule has 0 aromatic heterocycles. The van der Waals surface area contributed by atoms with Crippen molar-refractivity contribution in [2.75, 3.05) is 13.2 Å². The van der Waals surface area contributed by atoms with Crippen molar-refractivity contribution in [2.45, 2.75) is 113 Å². The third-order valence-electron chi connectivity index (χ3n) is 8.31. The maximum Gasteiger partial charge on any atom is 0.169 e. The maximum absolute atomic E-state index is 11.0. The summed E-state index contributed by atoms with van der Waals surface area (Å²) in [6, 6.07) is 20.2. The molecular weight excluding hydrogens is 512 g/mol. The fraction of sp³-hybridized carbons (Fsp3) is 0.625. The van der Waals surface area contributed by atoms with Gasteiger partial charge in [-0.1, -0.05) is 67.1 Å². The first-order valence-electron chi connectivity index (χ1n) is 14.8. The molecule has 3 N–H and O–H groups in total. The van der Waals surface area contributed by atoms with Crippen molar-refractivity contribution in [3.8, 4) is 0 Å². The van der Waals surface area contributed by atoms with Gasteiger partial charge in [0.1, 0.15) is 36.6 Å². The average molecular weight is 557 g/mol. The SMILES string of the molecule is O[C@@H]1[C@@H](O)[C@@H]2OC3(CCCCC3)O[C@@H]2[C@H](O)[C@H]1OCCCCC(COCc1ccccc1)OCc1ccccc1. The molecule has 1 unspecified atom stereocenters. The number of hydrogen-bond acceptors (Lipinski definition) is 8. The molecule has 8 nitrogen and oxygen atoms in total. The second-order valence-electron chi connectivity index (χ2n) is 11.4. The van der Waals surface area contributed by atoms with E-state index in [0.717, 1.165) is 56.1 Å². The number of unbranched alkanes of at least 4 members (excludes halogenated alkanes) is 1. The minimum atomic E-state index is -1.24. The van der Waals surface area contributed by atoms with Gasteiger partial charge in [0.15, 0.2) is 5.79 Å². The third-order valence-corrected chi connectivity index (χ3v) is 8.31. The second-order valence-corrected chi connectivity index (χ2v) is 11.4. The molecule has 2 aliphatic carbocycles. The summed E-state index contributed by atoms with van der Waals surface area (Å²) < 4.78 is 30.4. The molecule has 2 saturated carbocycles. The smallest absolute Gasteiger partial charge is 0.169 e. The zero-order chi connectivity index (χ0) is 27.8. The Bertz CT molecular complexity index is 998. The molecule has 1 spiro atoms. The number of aliphatic hydroxyl groups is 3. The third kappa shape index (κ3) is 7.49. The van der Waals surface area contributed by atoms with E-state index in [0.29, 0.717) is 32.8 Å². The van der Waals surface area contributed by atoms with E-state index in [4.69, 9.17) is 23.7 Å². The van der Waals surface area contributed by atoms with E-state index in [1.54, 1.807) is 0 Å². The van der Waals surface area contributed by atoms with E-state index >= 15 is 0 Å². The highest BCUT2D eigenvalue weighted by atomic mass is 16.8. The molecule has 0 amide bonds. The van der Waals surface area contributed by atoms with Crippen LogP contribution in [-0.4, -0.2) is 77.0 Å². The van der Waals surface area contributed by atoms with Gasteiger partial charge in [-0.15, -0.1) is 0 Å². The van der Waals surface area contributed by atoms with Gasteiger partial charge >= 0.3 is 0 Å². The lowest BCUT2D eigenvalue weighted by atomic mass is 9.85. The van der Waals surface area contributed by atoms with Gasteiger partial charge in [-0.05, 0) is 43.2 Å². The van der Waals surface area contributed by atoms with E-state index in [-0.39, 0.29) is 6.10 Å². The number of aliphatic hydroxyl groups excluding tert-OH is 3. The van der Waals surface area contributed by atoms with E-state index in [1.165, 1.54) is 0 Å². The molecule has 8 heteroatoms. The monoisotopic (exact) mass is 556 g/mol. The van der Waals surface area contributed by atoms with Crippen LogP contribution in [0.15, 0.2) is 60.7 Å². The number of hydrogen-bond donors (Lipinski definition) is 3. The Morgan fingerprint density at radius 3 is 2.05 bits per heavy atom. The first-order chi connectivity index (χ1) is 19.5. The summed E-state index contributed by atoms with van der Waals surface area (Å²) in [7, 11) is 0. The lowest BCUT2D eigenvalue weighted by Crippen LogP contribution is -2.63. The summed E-state index contributed by atoms with van der Waals surface area (Å²) in [5.41, 5.74) is 2.24. The fourth-order valence-electron chi connectivity index (χ4n) is 6.07. The standard InChI is InChI=1S/C32H44O8/c33-26-27(34)30-31(40-32(39-30)17-9-3-10-18-32)28(35)29(26)37-19-11-8-16-25(38-21-24-14-6-2-7-15-24)22-36-20-23-12-4-1-5-13-23/h1-2,4-7,12-15,25-31,33-35H,3,8-11,16-22H2/t25?,26-,27-,28-,29+,30+,31-/m1/s1. The van der Waals surface area contributed by atoms with Crippen LogP contribution in [0, 0.1) is 0 Å². The summed E-state index contributed by atoms with van der Waals surface area (Å²) in [5.74, 6) is -0.762. The zero-order valence-corrected chi connectivity index (χ0v) is 23.2. The summed E-state index contributed by atoms with van der Waals surface area (Å²) in [6.45, 7) is 1.87. The normalized spacial score (nSPS) is 30.3. The van der Waals surface area contributed by atoms with Crippen LogP contribution in [0.1, 0.15) is 62.5 Å². The Morgan fingerprint density at radius 1 is 0.750 bits per heavy atom. The van der Waals surface area contributed by atoms with Crippen LogP contribution in [0.2, 0.25) is 0 Å². The van der Waals surface area contributed by atoms with Crippen LogP contribution in [0.3, 0.4) is 0 Å². The molecule has 1 heterocycles. The van der Waals surface area contributed by atoms with Gasteiger partial charge in [0.05, 0.1) is 25.9 Å². The Morgan fingerprint density at radius 2 is 1.38 bits per heavy atom. The van der Waals surface area contributed by atoms with Crippen molar-refractivity contribution in [2.24, 2.45) is 0 Å². The summed E-state index contributed by atoms with van der Waals surface area (Å²) in [5, 5.41) is 32.5. The molecule has 220 valence electrons. The van der Waals surface area contributed by atoms with Crippen molar-refractivity contribution in [3.05, 3.63) is 71.8 Å². The Kier molecular flexibility index (Phi) is 10.6. The number of ether oxygens (including phenoxy) is 5. The first-order valence-corrected chi connectivity index (χ1v) is 14.8. The number of benzene rings is 2. The van der Waals surface area contributed by atoms with Gasteiger partial charge in [0, 0.05) is 19.4 Å². The molecule has 40 heavy (non-hydrogen) atoms. The van der Waals surface area contributed by atoms with Crippen LogP contribution in [0.4, 0.5) is 0 Å². The fourth-order valence-corrected chi connectivity index (χ4v) is 6.07. The highest BCUT2D eigenvalue weighted by Crippen LogP contribution is 2.45. The summed E-state index contributed by atoms with van der Waals surface area (Å²) in [6.07, 6.45) is 0.952. The molecule has 0 bridgehead atoms. The lowest BCUT2D eigenvalue weighted by molar-refractivity contribution is -0.208. The maximum atomic E-state index is 11.0. The van der Waals surface area contributed by atoms with Crippen LogP contribution in [0.25, 0.3) is 0 Å². The van der Waals surface area contributed by atoms with Crippen LogP contribution >= 0.6 is 0 Å². The molecule has 3 aliphatic rings. The largest absolute Gasteiger partial charge is 0.387 e. The van der Waals surface area contributed by atoms with E-state index in [9.17, 15) is 15.3 Å². The van der Waals surface area contributed by atoms with E-state index < -0.39 is 42.4 Å². The van der Waals surface area contributed by atoms with Gasteiger partial charge in [0.2, 0.25) is 0 Å². The minimum absolute atomic E-state index is 0.0759. The molecule has 2 aromatic carbocycles. The molecular formula is C32H44O8. The molecule has 0 radical (unpaired) electrons. The molecule has 7 atom stereocenters. The zero-order valence-electron chi connectivity index (χ0n) is 23.2. The summed E-state index contributed by atoms with van der Waals surface area (Å²) >= 11 is 0. The molecule has 1 saturated heterocycles. The van der Waals surface area contributed by atoms with Crippen molar-refractivity contribution < 1.29 is 39.0 Å². The molecule has 3 fully saturated rings. The topological polar surface area (TPSA) is 107 Å². The highest BCUT2D eigenvalue weighted by molar-refractivity contribution is 5.14. The summed E-state index contributed by atoms with van der Waals surface area (Å²) in [4.78, 5) is 0.